The van der Waals surface area contributed by atoms with Gasteiger partial charge in [-0.05, 0) is 5.92 Å². The van der Waals surface area contributed by atoms with Crippen LogP contribution >= 0.6 is 0 Å². The van der Waals surface area contributed by atoms with Crippen LogP contribution in [-0.2, 0) is 18.4 Å². The highest BCUT2D eigenvalue weighted by molar-refractivity contribution is 6.02. The Morgan fingerprint density at radius 1 is 1.63 bits per heavy atom. The van der Waals surface area contributed by atoms with Gasteiger partial charge in [0.25, 0.3) is 0 Å². The Bertz CT molecular complexity index is 466. The average Bonchev–Trinajstić information content (AvgIpc) is 2.73. The molecule has 0 aliphatic heterocycles. The molecule has 19 heavy (non-hydrogen) atoms. The van der Waals surface area contributed by atoms with Crippen LogP contribution in [0.5, 0.6) is 0 Å². The molecule has 0 fully saturated rings. The lowest BCUT2D eigenvalue weighted by Gasteiger charge is -2.25. The molecule has 7 nitrogen and oxygen atoms in total. The van der Waals surface area contributed by atoms with Gasteiger partial charge in [-0.25, -0.2) is 0 Å². The van der Waals surface area contributed by atoms with E-state index in [4.69, 9.17) is 10.9 Å². The molecule has 106 valence electrons. The predicted octanol–water partition coefficient (Wildman–Crippen LogP) is 0.397. The number of amides is 1. The van der Waals surface area contributed by atoms with Crippen molar-refractivity contribution in [1.29, 1.82) is 0 Å². The molecule has 0 aromatic carbocycles. The quantitative estimate of drug-likeness (QED) is 0.349. The van der Waals surface area contributed by atoms with Gasteiger partial charge in [-0.1, -0.05) is 19.0 Å². The fraction of sp³-hybridized carbons (Fsp3) is 0.583. The van der Waals surface area contributed by atoms with Gasteiger partial charge in [0.05, 0.1) is 6.20 Å². The third kappa shape index (κ3) is 3.70. The lowest BCUT2D eigenvalue weighted by atomic mass is 9.93. The first kappa shape index (κ1) is 15.0. The van der Waals surface area contributed by atoms with Crippen LogP contribution in [0.15, 0.2) is 17.5 Å². The zero-order valence-electron chi connectivity index (χ0n) is 11.7. The van der Waals surface area contributed by atoms with Gasteiger partial charge in [0.15, 0.2) is 5.84 Å². The number of nitrogens with two attached hydrogens (primary N) is 1. The molecule has 0 aliphatic carbocycles. The number of rotatable bonds is 5. The second-order valence-electron chi connectivity index (χ2n) is 4.96. The van der Waals surface area contributed by atoms with E-state index in [1.807, 2.05) is 27.1 Å². The Hall–Kier alpha value is -2.05. The SMILES string of the molecule is CC(C)C(C(=O)N(C)Cc1cnn(C)c1)C(N)=NO. The summed E-state index contributed by atoms with van der Waals surface area (Å²) in [6, 6.07) is 0. The number of amidine groups is 1. The summed E-state index contributed by atoms with van der Waals surface area (Å²) >= 11 is 0. The first-order chi connectivity index (χ1) is 8.86. The number of nitrogens with zero attached hydrogens (tertiary/aromatic N) is 4. The minimum atomic E-state index is -0.619. The molecule has 3 N–H and O–H groups in total. The molecule has 1 heterocycles. The first-order valence-electron chi connectivity index (χ1n) is 6.06. The third-order valence-electron chi connectivity index (χ3n) is 2.92. The molecule has 1 amide bonds. The number of hydrogen-bond donors (Lipinski definition) is 2. The summed E-state index contributed by atoms with van der Waals surface area (Å²) < 4.78 is 1.68. The summed E-state index contributed by atoms with van der Waals surface area (Å²) in [4.78, 5) is 13.9. The largest absolute Gasteiger partial charge is 0.409 e. The van der Waals surface area contributed by atoms with E-state index >= 15 is 0 Å². The van der Waals surface area contributed by atoms with Crippen molar-refractivity contribution in [3.63, 3.8) is 0 Å². The van der Waals surface area contributed by atoms with E-state index in [1.54, 1.807) is 22.8 Å². The number of aromatic nitrogens is 2. The van der Waals surface area contributed by atoms with Gasteiger partial charge in [0.1, 0.15) is 5.92 Å². The molecule has 0 aliphatic rings. The van der Waals surface area contributed by atoms with E-state index in [0.29, 0.717) is 6.54 Å². The molecule has 7 heteroatoms. The van der Waals surface area contributed by atoms with E-state index in [9.17, 15) is 4.79 Å². The molecule has 0 spiro atoms. The van der Waals surface area contributed by atoms with Gasteiger partial charge in [0, 0.05) is 32.4 Å². The predicted molar refractivity (Wildman–Crippen MR) is 71.4 cm³/mol. The Kier molecular flexibility index (Phi) is 4.91. The summed E-state index contributed by atoms with van der Waals surface area (Å²) in [5.74, 6) is -0.890. The van der Waals surface area contributed by atoms with Gasteiger partial charge in [-0.2, -0.15) is 5.10 Å². The van der Waals surface area contributed by atoms with Crippen molar-refractivity contribution in [2.75, 3.05) is 7.05 Å². The van der Waals surface area contributed by atoms with Crippen LogP contribution in [0, 0.1) is 11.8 Å². The van der Waals surface area contributed by atoms with Crippen LogP contribution in [0.1, 0.15) is 19.4 Å². The fourth-order valence-electron chi connectivity index (χ4n) is 1.96. The van der Waals surface area contributed by atoms with Gasteiger partial charge in [0.2, 0.25) is 5.91 Å². The minimum Gasteiger partial charge on any atom is -0.409 e. The van der Waals surface area contributed by atoms with Crippen molar-refractivity contribution >= 4 is 11.7 Å². The first-order valence-corrected chi connectivity index (χ1v) is 6.06. The topological polar surface area (TPSA) is 96.7 Å². The monoisotopic (exact) mass is 267 g/mol. The number of carbonyl (C=O) groups is 1. The van der Waals surface area contributed by atoms with Crippen LogP contribution in [0.25, 0.3) is 0 Å². The summed E-state index contributed by atoms with van der Waals surface area (Å²) in [6.45, 7) is 4.16. The summed E-state index contributed by atoms with van der Waals surface area (Å²) in [7, 11) is 3.51. The maximum atomic E-state index is 12.3. The standard InChI is InChI=1S/C12H21N5O2/c1-8(2)10(11(13)15-19)12(18)16(3)6-9-5-14-17(4)7-9/h5,7-8,10,19H,6H2,1-4H3,(H2,13,15). The van der Waals surface area contributed by atoms with Crippen molar-refractivity contribution in [1.82, 2.24) is 14.7 Å². The van der Waals surface area contributed by atoms with E-state index < -0.39 is 5.92 Å². The van der Waals surface area contributed by atoms with Crippen LogP contribution < -0.4 is 5.73 Å². The van der Waals surface area contributed by atoms with Crippen LogP contribution in [0.3, 0.4) is 0 Å². The molecule has 1 aromatic rings. The average molecular weight is 267 g/mol. The number of hydrogen-bond acceptors (Lipinski definition) is 4. The number of carbonyl (C=O) groups excluding carboxylic acids is 1. The summed E-state index contributed by atoms with van der Waals surface area (Å²) in [6.07, 6.45) is 3.55. The van der Waals surface area contributed by atoms with Crippen molar-refractivity contribution in [2.45, 2.75) is 20.4 Å². The van der Waals surface area contributed by atoms with E-state index in [1.165, 1.54) is 0 Å². The Morgan fingerprint density at radius 2 is 2.26 bits per heavy atom. The molecule has 1 aromatic heterocycles. The highest BCUT2D eigenvalue weighted by Gasteiger charge is 2.29. The molecular formula is C12H21N5O2. The summed E-state index contributed by atoms with van der Waals surface area (Å²) in [5.41, 5.74) is 6.52. The lowest BCUT2D eigenvalue weighted by molar-refractivity contribution is -0.133. The smallest absolute Gasteiger partial charge is 0.233 e. The van der Waals surface area contributed by atoms with Crippen LogP contribution in [-0.4, -0.2) is 38.7 Å². The third-order valence-corrected chi connectivity index (χ3v) is 2.92. The molecule has 0 bridgehead atoms. The second-order valence-corrected chi connectivity index (χ2v) is 4.96. The van der Waals surface area contributed by atoms with Crippen molar-refractivity contribution in [3.8, 4) is 0 Å². The zero-order chi connectivity index (χ0) is 14.6. The van der Waals surface area contributed by atoms with Gasteiger partial charge in [-0.15, -0.1) is 0 Å². The van der Waals surface area contributed by atoms with Crippen LogP contribution in [0.4, 0.5) is 0 Å². The maximum Gasteiger partial charge on any atom is 0.233 e. The lowest BCUT2D eigenvalue weighted by Crippen LogP contribution is -2.42. The van der Waals surface area contributed by atoms with Gasteiger partial charge >= 0.3 is 0 Å². The minimum absolute atomic E-state index is 0.0419. The molecular weight excluding hydrogens is 246 g/mol. The highest BCUT2D eigenvalue weighted by atomic mass is 16.4. The molecule has 1 unspecified atom stereocenters. The second kappa shape index (κ2) is 6.21. The van der Waals surface area contributed by atoms with E-state index in [-0.39, 0.29) is 17.7 Å². The maximum absolute atomic E-state index is 12.3. The Morgan fingerprint density at radius 3 is 2.68 bits per heavy atom. The fourth-order valence-corrected chi connectivity index (χ4v) is 1.96. The van der Waals surface area contributed by atoms with E-state index in [2.05, 4.69) is 10.3 Å². The van der Waals surface area contributed by atoms with Crippen LogP contribution in [0.2, 0.25) is 0 Å². The molecule has 0 saturated heterocycles. The van der Waals surface area contributed by atoms with Crippen molar-refractivity contribution in [2.24, 2.45) is 29.8 Å². The highest BCUT2D eigenvalue weighted by Crippen LogP contribution is 2.15. The Balaban J connectivity index is 2.79. The van der Waals surface area contributed by atoms with Gasteiger partial charge < -0.3 is 15.8 Å². The normalized spacial score (nSPS) is 13.6. The molecule has 1 rings (SSSR count). The molecule has 1 atom stereocenters. The Labute approximate surface area is 112 Å². The summed E-state index contributed by atoms with van der Waals surface area (Å²) in [5, 5.41) is 15.8. The zero-order valence-corrected chi connectivity index (χ0v) is 11.7. The van der Waals surface area contributed by atoms with Crippen molar-refractivity contribution in [3.05, 3.63) is 18.0 Å². The molecule has 0 radical (unpaired) electrons. The van der Waals surface area contributed by atoms with Gasteiger partial charge in [-0.3, -0.25) is 9.48 Å². The number of aryl methyl sites for hydroxylation is 1. The number of oxime groups is 1. The molecule has 0 saturated carbocycles. The van der Waals surface area contributed by atoms with E-state index in [0.717, 1.165) is 5.56 Å². The van der Waals surface area contributed by atoms with Crippen molar-refractivity contribution < 1.29 is 10.0 Å².